The minimum atomic E-state index is -3.92. The molecular formula is C25H48INO3S. The molecule has 0 saturated carbocycles. The van der Waals surface area contributed by atoms with Crippen LogP contribution >= 0.6 is 22.6 Å². The molecule has 0 N–H and O–H groups in total. The molecule has 0 bridgehead atoms. The van der Waals surface area contributed by atoms with Crippen molar-refractivity contribution in [2.45, 2.75) is 116 Å². The SMILES string of the molecule is CCCCCCCCCCCCCCCC[N+]1(CC#CI)CCCCC1.CS(=O)(=O)[O-]. The van der Waals surface area contributed by atoms with Crippen molar-refractivity contribution in [2.24, 2.45) is 0 Å². The van der Waals surface area contributed by atoms with Crippen molar-refractivity contribution in [1.82, 2.24) is 0 Å². The molecule has 1 fully saturated rings. The Hall–Kier alpha value is 0.160. The zero-order valence-corrected chi connectivity index (χ0v) is 23.3. The summed E-state index contributed by atoms with van der Waals surface area (Å²) in [4.78, 5) is 0. The highest BCUT2D eigenvalue weighted by Gasteiger charge is 2.28. The Kier molecular flexibility index (Phi) is 20.9. The van der Waals surface area contributed by atoms with E-state index >= 15 is 0 Å². The summed E-state index contributed by atoms with van der Waals surface area (Å²) in [6, 6.07) is 0. The third-order valence-corrected chi connectivity index (χ3v) is 6.61. The van der Waals surface area contributed by atoms with Crippen LogP contribution < -0.4 is 0 Å². The summed E-state index contributed by atoms with van der Waals surface area (Å²) >= 11 is 2.20. The van der Waals surface area contributed by atoms with E-state index in [1.807, 2.05) is 0 Å². The van der Waals surface area contributed by atoms with E-state index in [9.17, 15) is 0 Å². The lowest BCUT2D eigenvalue weighted by molar-refractivity contribution is -0.926. The zero-order valence-electron chi connectivity index (χ0n) is 20.3. The van der Waals surface area contributed by atoms with Crippen molar-refractivity contribution >= 4 is 32.7 Å². The van der Waals surface area contributed by atoms with Gasteiger partial charge in [-0.15, -0.1) is 0 Å². The second-order valence-corrected chi connectivity index (χ2v) is 11.3. The third-order valence-electron chi connectivity index (χ3n) is 6.23. The summed E-state index contributed by atoms with van der Waals surface area (Å²) in [5, 5.41) is 0. The van der Waals surface area contributed by atoms with Crippen LogP contribution in [0.1, 0.15) is 116 Å². The molecular weight excluding hydrogens is 521 g/mol. The highest BCUT2D eigenvalue weighted by molar-refractivity contribution is 14.1. The van der Waals surface area contributed by atoms with Gasteiger partial charge in [0.05, 0.1) is 29.8 Å². The van der Waals surface area contributed by atoms with Gasteiger partial charge in [-0.3, -0.25) is 0 Å². The monoisotopic (exact) mass is 569 g/mol. The smallest absolute Gasteiger partial charge is 0.141 e. The van der Waals surface area contributed by atoms with Crippen molar-refractivity contribution in [1.29, 1.82) is 0 Å². The minimum absolute atomic E-state index is 0.604. The number of likely N-dealkylation sites (tertiary alicyclic amines) is 1. The highest BCUT2D eigenvalue weighted by atomic mass is 127. The molecule has 1 heterocycles. The summed E-state index contributed by atoms with van der Waals surface area (Å²) in [6.07, 6.45) is 25.2. The molecule has 4 nitrogen and oxygen atoms in total. The molecule has 0 radical (unpaired) electrons. The third kappa shape index (κ3) is 23.1. The van der Waals surface area contributed by atoms with E-state index in [1.165, 1.54) is 133 Å². The van der Waals surface area contributed by atoms with Crippen LogP contribution in [0.25, 0.3) is 0 Å². The van der Waals surface area contributed by atoms with E-state index in [0.717, 1.165) is 6.54 Å². The molecule has 0 unspecified atom stereocenters. The van der Waals surface area contributed by atoms with Gasteiger partial charge in [-0.25, -0.2) is 8.42 Å². The molecule has 0 atom stereocenters. The molecule has 1 aliphatic rings. The number of quaternary nitrogens is 1. The maximum absolute atomic E-state index is 9.08. The molecule has 0 amide bonds. The maximum Gasteiger partial charge on any atom is 0.141 e. The van der Waals surface area contributed by atoms with Crippen LogP contribution in [0.4, 0.5) is 0 Å². The number of hydrogen-bond donors (Lipinski definition) is 0. The number of unbranched alkanes of at least 4 members (excludes halogenated alkanes) is 13. The molecule has 1 rings (SSSR count). The van der Waals surface area contributed by atoms with E-state index in [2.05, 4.69) is 39.4 Å². The average Bonchev–Trinajstić information content (AvgIpc) is 2.72. The Morgan fingerprint density at radius 3 is 1.55 bits per heavy atom. The number of rotatable bonds is 16. The van der Waals surface area contributed by atoms with Gasteiger partial charge in [0.25, 0.3) is 0 Å². The van der Waals surface area contributed by atoms with Crippen molar-refractivity contribution in [2.75, 3.05) is 32.4 Å². The van der Waals surface area contributed by atoms with Gasteiger partial charge in [0.2, 0.25) is 0 Å². The first kappa shape index (κ1) is 31.2. The molecule has 0 aromatic carbocycles. The quantitative estimate of drug-likeness (QED) is 0.0660. The normalized spacial score (nSPS) is 15.5. The van der Waals surface area contributed by atoms with Crippen molar-refractivity contribution in [3.8, 4) is 9.85 Å². The first-order valence-electron chi connectivity index (χ1n) is 12.7. The molecule has 0 aromatic rings. The van der Waals surface area contributed by atoms with Gasteiger partial charge in [0.15, 0.2) is 0 Å². The van der Waals surface area contributed by atoms with Gasteiger partial charge < -0.3 is 9.04 Å². The molecule has 0 aromatic heterocycles. The second-order valence-electron chi connectivity index (χ2n) is 9.30. The van der Waals surface area contributed by atoms with Crippen LogP contribution in [0.2, 0.25) is 0 Å². The van der Waals surface area contributed by atoms with E-state index in [0.29, 0.717) is 6.26 Å². The number of piperidine rings is 1. The van der Waals surface area contributed by atoms with Gasteiger partial charge >= 0.3 is 0 Å². The minimum Gasteiger partial charge on any atom is -0.748 e. The van der Waals surface area contributed by atoms with Crippen LogP contribution in [0, 0.1) is 9.85 Å². The number of hydrogen-bond acceptors (Lipinski definition) is 3. The van der Waals surface area contributed by atoms with Gasteiger partial charge in [-0.1, -0.05) is 84.0 Å². The zero-order chi connectivity index (χ0) is 23.3. The highest BCUT2D eigenvalue weighted by Crippen LogP contribution is 2.20. The van der Waals surface area contributed by atoms with Crippen molar-refractivity contribution in [3.05, 3.63) is 0 Å². The summed E-state index contributed by atoms with van der Waals surface area (Å²) in [7, 11) is -3.92. The fraction of sp³-hybridized carbons (Fsp3) is 0.920. The van der Waals surface area contributed by atoms with Crippen LogP contribution in [0.3, 0.4) is 0 Å². The lowest BCUT2D eigenvalue weighted by Crippen LogP contribution is -2.52. The number of halogens is 1. The van der Waals surface area contributed by atoms with Gasteiger partial charge in [0, 0.05) is 28.8 Å². The predicted octanol–water partition coefficient (Wildman–Crippen LogP) is 7.03. The van der Waals surface area contributed by atoms with Gasteiger partial charge in [-0.05, 0) is 42.0 Å². The van der Waals surface area contributed by atoms with Crippen molar-refractivity contribution < 1.29 is 17.5 Å². The van der Waals surface area contributed by atoms with Crippen LogP contribution in [0.5, 0.6) is 0 Å². The Morgan fingerprint density at radius 1 is 0.774 bits per heavy atom. The van der Waals surface area contributed by atoms with E-state index in [4.69, 9.17) is 13.0 Å². The van der Waals surface area contributed by atoms with Gasteiger partial charge in [0.1, 0.15) is 6.54 Å². The van der Waals surface area contributed by atoms with Crippen molar-refractivity contribution in [3.63, 3.8) is 0 Å². The summed E-state index contributed by atoms with van der Waals surface area (Å²) in [6.45, 7) is 7.53. The molecule has 1 aliphatic heterocycles. The first-order valence-corrected chi connectivity index (χ1v) is 15.6. The van der Waals surface area contributed by atoms with Crippen LogP contribution in [0.15, 0.2) is 0 Å². The first-order chi connectivity index (χ1) is 14.8. The largest absolute Gasteiger partial charge is 0.748 e. The Labute approximate surface area is 207 Å². The topological polar surface area (TPSA) is 57.2 Å². The predicted molar refractivity (Wildman–Crippen MR) is 141 cm³/mol. The molecule has 0 spiro atoms. The summed E-state index contributed by atoms with van der Waals surface area (Å²) < 4.78 is 31.6. The Morgan fingerprint density at radius 2 is 1.16 bits per heavy atom. The molecule has 184 valence electrons. The lowest BCUT2D eigenvalue weighted by atomic mass is 10.0. The fourth-order valence-corrected chi connectivity index (χ4v) is 4.65. The van der Waals surface area contributed by atoms with Crippen LogP contribution in [-0.2, 0) is 10.1 Å². The molecule has 1 saturated heterocycles. The maximum atomic E-state index is 9.08. The molecule has 6 heteroatoms. The van der Waals surface area contributed by atoms with E-state index in [1.54, 1.807) is 0 Å². The fourth-order valence-electron chi connectivity index (χ4n) is 4.48. The summed E-state index contributed by atoms with van der Waals surface area (Å²) in [5.74, 6) is 3.37. The Balaban J connectivity index is 0.00000161. The van der Waals surface area contributed by atoms with Gasteiger partial charge in [-0.2, -0.15) is 0 Å². The Bertz CT molecular complexity index is 555. The molecule has 0 aliphatic carbocycles. The second kappa shape index (κ2) is 20.7. The standard InChI is InChI=1S/C24H45IN.CH4O3S/c1-2-3-4-5-6-7-8-9-10-11-12-13-14-16-21-26(24-19-20-25)22-17-15-18-23-26;1-5(2,3)4/h2-18,21-24H2,1H3;1H3,(H,2,3,4)/q+1;/p-1. The lowest BCUT2D eigenvalue weighted by Gasteiger charge is -2.40. The van der Waals surface area contributed by atoms with E-state index < -0.39 is 10.1 Å². The number of nitrogens with zero attached hydrogens (tertiary/aromatic N) is 1. The van der Waals surface area contributed by atoms with Crippen LogP contribution in [-0.4, -0.2) is 49.9 Å². The summed E-state index contributed by atoms with van der Waals surface area (Å²) in [5.41, 5.74) is 0. The molecule has 31 heavy (non-hydrogen) atoms. The average molecular weight is 570 g/mol. The van der Waals surface area contributed by atoms with E-state index in [-0.39, 0.29) is 0 Å².